The summed E-state index contributed by atoms with van der Waals surface area (Å²) in [7, 11) is 0. The normalized spacial score (nSPS) is 10.8. The van der Waals surface area contributed by atoms with Gasteiger partial charge >= 0.3 is 0 Å². The van der Waals surface area contributed by atoms with Gasteiger partial charge in [0.1, 0.15) is 0 Å². The van der Waals surface area contributed by atoms with E-state index in [1.54, 1.807) is 18.3 Å². The first-order valence-corrected chi connectivity index (χ1v) is 6.69. The molecule has 106 valence electrons. The summed E-state index contributed by atoms with van der Waals surface area (Å²) >= 11 is 0. The van der Waals surface area contributed by atoms with Crippen LogP contribution in [0.1, 0.15) is 29.8 Å². The van der Waals surface area contributed by atoms with Gasteiger partial charge in [-0.2, -0.15) is 5.10 Å². The molecular formula is C15H20N4O. The maximum absolute atomic E-state index is 11.1. The van der Waals surface area contributed by atoms with Crippen molar-refractivity contribution >= 4 is 11.6 Å². The molecule has 1 amide bonds. The molecule has 1 heterocycles. The van der Waals surface area contributed by atoms with Crippen LogP contribution in [0.4, 0.5) is 5.69 Å². The van der Waals surface area contributed by atoms with Crippen LogP contribution in [0.15, 0.2) is 36.7 Å². The van der Waals surface area contributed by atoms with Crippen molar-refractivity contribution in [2.75, 3.05) is 5.32 Å². The number of hydrogen-bond acceptors (Lipinski definition) is 3. The van der Waals surface area contributed by atoms with Crippen molar-refractivity contribution < 1.29 is 4.79 Å². The third-order valence-electron chi connectivity index (χ3n) is 2.89. The summed E-state index contributed by atoms with van der Waals surface area (Å²) in [5, 5.41) is 7.58. The van der Waals surface area contributed by atoms with Crippen LogP contribution in [0, 0.1) is 5.92 Å². The van der Waals surface area contributed by atoms with Crippen molar-refractivity contribution in [3.05, 3.63) is 47.8 Å². The lowest BCUT2D eigenvalue weighted by Crippen LogP contribution is -2.11. The third kappa shape index (κ3) is 3.85. The number of amides is 1. The van der Waals surface area contributed by atoms with Gasteiger partial charge in [0.05, 0.1) is 11.9 Å². The van der Waals surface area contributed by atoms with Gasteiger partial charge in [-0.1, -0.05) is 26.0 Å². The average molecular weight is 272 g/mol. The number of carbonyl (C=O) groups is 1. The second kappa shape index (κ2) is 6.23. The number of anilines is 1. The fourth-order valence-electron chi connectivity index (χ4n) is 1.97. The largest absolute Gasteiger partial charge is 0.378 e. The molecule has 0 spiro atoms. The highest BCUT2D eigenvalue weighted by Gasteiger charge is 2.03. The Bertz CT molecular complexity index is 589. The van der Waals surface area contributed by atoms with Crippen molar-refractivity contribution in [2.24, 2.45) is 11.7 Å². The van der Waals surface area contributed by atoms with E-state index >= 15 is 0 Å². The molecule has 2 rings (SSSR count). The molecule has 0 radical (unpaired) electrons. The molecule has 0 saturated carbocycles. The molecule has 5 nitrogen and oxygen atoms in total. The molecule has 3 N–H and O–H groups in total. The van der Waals surface area contributed by atoms with Crippen LogP contribution in [0.2, 0.25) is 0 Å². The summed E-state index contributed by atoms with van der Waals surface area (Å²) in [6.45, 7) is 5.85. The summed E-state index contributed by atoms with van der Waals surface area (Å²) < 4.78 is 1.92. The second-order valence-electron chi connectivity index (χ2n) is 5.26. The number of nitrogens with two attached hydrogens (primary N) is 1. The zero-order valence-electron chi connectivity index (χ0n) is 11.8. The van der Waals surface area contributed by atoms with Crippen LogP contribution >= 0.6 is 0 Å². The van der Waals surface area contributed by atoms with Gasteiger partial charge in [0.15, 0.2) is 0 Å². The van der Waals surface area contributed by atoms with E-state index < -0.39 is 5.91 Å². The number of rotatable bonds is 6. The Balaban J connectivity index is 1.96. The van der Waals surface area contributed by atoms with Crippen molar-refractivity contribution in [1.82, 2.24) is 9.78 Å². The monoisotopic (exact) mass is 272 g/mol. The lowest BCUT2D eigenvalue weighted by Gasteiger charge is -2.06. The number of carbonyl (C=O) groups excluding carboxylic acids is 1. The molecule has 2 aromatic rings. The van der Waals surface area contributed by atoms with E-state index in [0.717, 1.165) is 17.8 Å². The molecular weight excluding hydrogens is 252 g/mol. The van der Waals surface area contributed by atoms with Crippen LogP contribution in [0.25, 0.3) is 0 Å². The van der Waals surface area contributed by atoms with Crippen LogP contribution in [-0.2, 0) is 13.1 Å². The molecule has 20 heavy (non-hydrogen) atoms. The van der Waals surface area contributed by atoms with Gasteiger partial charge < -0.3 is 11.1 Å². The average Bonchev–Trinajstić information content (AvgIpc) is 2.83. The summed E-state index contributed by atoms with van der Waals surface area (Å²) in [6, 6.07) is 7.30. The highest BCUT2D eigenvalue weighted by molar-refractivity contribution is 5.92. The predicted octanol–water partition coefficient (Wildman–Crippen LogP) is 2.25. The molecule has 0 bridgehead atoms. The Labute approximate surface area is 118 Å². The van der Waals surface area contributed by atoms with E-state index in [1.165, 1.54) is 0 Å². The Kier molecular flexibility index (Phi) is 4.40. The van der Waals surface area contributed by atoms with E-state index in [2.05, 4.69) is 24.3 Å². The minimum atomic E-state index is -0.406. The number of hydrogen-bond donors (Lipinski definition) is 2. The predicted molar refractivity (Wildman–Crippen MR) is 79.4 cm³/mol. The van der Waals surface area contributed by atoms with Crippen molar-refractivity contribution in [3.63, 3.8) is 0 Å². The Morgan fingerprint density at radius 3 is 2.95 bits per heavy atom. The highest BCUT2D eigenvalue weighted by Crippen LogP contribution is 2.11. The molecule has 1 aromatic heterocycles. The lowest BCUT2D eigenvalue weighted by atomic mass is 10.1. The Morgan fingerprint density at radius 1 is 1.45 bits per heavy atom. The van der Waals surface area contributed by atoms with Gasteiger partial charge in [0.25, 0.3) is 0 Å². The molecule has 0 fully saturated rings. The molecule has 0 aliphatic carbocycles. The SMILES string of the molecule is CC(C)Cn1cc(NCc2cccc(C(N)=O)c2)cn1. The minimum Gasteiger partial charge on any atom is -0.378 e. The van der Waals surface area contributed by atoms with E-state index in [4.69, 9.17) is 5.73 Å². The standard InChI is InChI=1S/C15H20N4O/c1-11(2)9-19-10-14(8-18-19)17-7-12-4-3-5-13(6-12)15(16)20/h3-6,8,10-11,17H,7,9H2,1-2H3,(H2,16,20). The first-order chi connectivity index (χ1) is 9.54. The number of nitrogens with one attached hydrogen (secondary N) is 1. The maximum Gasteiger partial charge on any atom is 0.248 e. The highest BCUT2D eigenvalue weighted by atomic mass is 16.1. The summed E-state index contributed by atoms with van der Waals surface area (Å²) in [4.78, 5) is 11.1. The van der Waals surface area contributed by atoms with Gasteiger partial charge in [-0.25, -0.2) is 0 Å². The first kappa shape index (κ1) is 14.1. The Hall–Kier alpha value is -2.30. The molecule has 0 saturated heterocycles. The molecule has 5 heteroatoms. The topological polar surface area (TPSA) is 72.9 Å². The molecule has 0 atom stereocenters. The number of primary amides is 1. The van der Waals surface area contributed by atoms with Gasteiger partial charge in [0, 0.05) is 24.8 Å². The number of aromatic nitrogens is 2. The van der Waals surface area contributed by atoms with Gasteiger partial charge in [-0.3, -0.25) is 9.48 Å². The molecule has 1 aromatic carbocycles. The third-order valence-corrected chi connectivity index (χ3v) is 2.89. The van der Waals surface area contributed by atoms with E-state index in [-0.39, 0.29) is 0 Å². The quantitative estimate of drug-likeness (QED) is 0.847. The second-order valence-corrected chi connectivity index (χ2v) is 5.26. The van der Waals surface area contributed by atoms with Crippen LogP contribution in [0.3, 0.4) is 0 Å². The van der Waals surface area contributed by atoms with Crippen LogP contribution < -0.4 is 11.1 Å². The molecule has 0 aliphatic rings. The van der Waals surface area contributed by atoms with Crippen molar-refractivity contribution in [1.29, 1.82) is 0 Å². The van der Waals surface area contributed by atoms with Gasteiger partial charge in [-0.15, -0.1) is 0 Å². The van der Waals surface area contributed by atoms with E-state index in [1.807, 2.05) is 23.0 Å². The van der Waals surface area contributed by atoms with Crippen LogP contribution in [0.5, 0.6) is 0 Å². The van der Waals surface area contributed by atoms with Crippen LogP contribution in [-0.4, -0.2) is 15.7 Å². The fourth-order valence-corrected chi connectivity index (χ4v) is 1.97. The van der Waals surface area contributed by atoms with Gasteiger partial charge in [-0.05, 0) is 23.6 Å². The fraction of sp³-hybridized carbons (Fsp3) is 0.333. The molecule has 0 aliphatic heterocycles. The zero-order chi connectivity index (χ0) is 14.5. The van der Waals surface area contributed by atoms with Crippen molar-refractivity contribution in [2.45, 2.75) is 26.9 Å². The number of nitrogens with zero attached hydrogens (tertiary/aromatic N) is 2. The smallest absolute Gasteiger partial charge is 0.248 e. The summed E-state index contributed by atoms with van der Waals surface area (Å²) in [5.74, 6) is 0.159. The Morgan fingerprint density at radius 2 is 2.25 bits per heavy atom. The summed E-state index contributed by atoms with van der Waals surface area (Å²) in [6.07, 6.45) is 3.79. The van der Waals surface area contributed by atoms with Crippen molar-refractivity contribution in [3.8, 4) is 0 Å². The minimum absolute atomic E-state index is 0.406. The van der Waals surface area contributed by atoms with E-state index in [9.17, 15) is 4.79 Å². The summed E-state index contributed by atoms with van der Waals surface area (Å²) in [5.41, 5.74) is 7.77. The van der Waals surface area contributed by atoms with Gasteiger partial charge in [0.2, 0.25) is 5.91 Å². The maximum atomic E-state index is 11.1. The lowest BCUT2D eigenvalue weighted by molar-refractivity contribution is 0.1000. The van der Waals surface area contributed by atoms with E-state index in [0.29, 0.717) is 18.0 Å². The zero-order valence-corrected chi connectivity index (χ0v) is 11.8. The molecule has 0 unspecified atom stereocenters. The first-order valence-electron chi connectivity index (χ1n) is 6.69. The number of benzene rings is 1.